The monoisotopic (exact) mass is 174 g/mol. The van der Waals surface area contributed by atoms with Gasteiger partial charge in [0.05, 0.1) is 0 Å². The molecule has 1 radical (unpaired) electrons. The minimum absolute atomic E-state index is 0.388. The molecule has 0 atom stereocenters. The molecule has 0 N–H and O–H groups in total. The van der Waals surface area contributed by atoms with Gasteiger partial charge < -0.3 is 4.90 Å². The number of Topliss-reactive ketones (excluding diaryl/α,β-unsaturated/α-hetero) is 1. The van der Waals surface area contributed by atoms with Gasteiger partial charge >= 0.3 is 0 Å². The lowest BCUT2D eigenvalue weighted by Crippen LogP contribution is -2.33. The van der Waals surface area contributed by atoms with Crippen LogP contribution in [0.1, 0.15) is 12.8 Å². The lowest BCUT2D eigenvalue weighted by molar-refractivity contribution is -0.119. The fourth-order valence-corrected chi connectivity index (χ4v) is 1.60. The third-order valence-corrected chi connectivity index (χ3v) is 2.39. The van der Waals surface area contributed by atoms with E-state index in [4.69, 9.17) is 0 Å². The molecule has 1 fully saturated rings. The number of hydrogen-bond donors (Lipinski definition) is 0. The van der Waals surface area contributed by atoms with Gasteiger partial charge in [0.2, 0.25) is 0 Å². The van der Waals surface area contributed by atoms with E-state index in [0.29, 0.717) is 18.6 Å². The van der Waals surface area contributed by atoms with E-state index < -0.39 is 0 Å². The van der Waals surface area contributed by atoms with Gasteiger partial charge in [0.25, 0.3) is 0 Å². The topological polar surface area (TPSA) is 20.3 Å². The Bertz CT molecular complexity index is 284. The number of benzene rings is 1. The molecule has 1 saturated heterocycles. The van der Waals surface area contributed by atoms with E-state index in [0.717, 1.165) is 13.1 Å². The molecular formula is C11H12NO. The summed E-state index contributed by atoms with van der Waals surface area (Å²) in [6, 6.07) is 10.9. The summed E-state index contributed by atoms with van der Waals surface area (Å²) in [5.41, 5.74) is 1.20. The molecule has 1 aromatic carbocycles. The number of ketones is 1. The molecule has 67 valence electrons. The molecule has 0 aliphatic carbocycles. The normalized spacial score (nSPS) is 17.5. The van der Waals surface area contributed by atoms with Crippen molar-refractivity contribution in [1.82, 2.24) is 0 Å². The standard InChI is InChI=1S/C11H12NO/c13-11-6-8-12(9-7-11)10-4-2-1-3-5-10/h2-5H,6-9H2. The van der Waals surface area contributed by atoms with Crippen molar-refractivity contribution in [2.45, 2.75) is 12.8 Å². The maximum absolute atomic E-state index is 11.0. The summed E-state index contributed by atoms with van der Waals surface area (Å²) in [5.74, 6) is 0.388. The van der Waals surface area contributed by atoms with Gasteiger partial charge in [-0.3, -0.25) is 4.79 Å². The van der Waals surface area contributed by atoms with Gasteiger partial charge in [-0.05, 0) is 18.2 Å². The summed E-state index contributed by atoms with van der Waals surface area (Å²) in [4.78, 5) is 13.3. The molecule has 1 aliphatic heterocycles. The van der Waals surface area contributed by atoms with Crippen molar-refractivity contribution in [2.24, 2.45) is 0 Å². The minimum Gasteiger partial charge on any atom is -0.371 e. The summed E-state index contributed by atoms with van der Waals surface area (Å²) in [7, 11) is 0. The second-order valence-electron chi connectivity index (χ2n) is 3.28. The van der Waals surface area contributed by atoms with Crippen LogP contribution in [0.5, 0.6) is 0 Å². The molecule has 0 spiro atoms. The van der Waals surface area contributed by atoms with Crippen LogP contribution in [0.2, 0.25) is 0 Å². The summed E-state index contributed by atoms with van der Waals surface area (Å²) < 4.78 is 0. The lowest BCUT2D eigenvalue weighted by Gasteiger charge is -2.27. The maximum atomic E-state index is 11.0. The Morgan fingerprint density at radius 1 is 1.15 bits per heavy atom. The lowest BCUT2D eigenvalue weighted by atomic mass is 10.1. The van der Waals surface area contributed by atoms with Crippen molar-refractivity contribution >= 4 is 11.5 Å². The molecule has 0 amide bonds. The predicted octanol–water partition coefficient (Wildman–Crippen LogP) is 1.66. The fourth-order valence-electron chi connectivity index (χ4n) is 1.60. The first-order valence-electron chi connectivity index (χ1n) is 4.59. The third kappa shape index (κ3) is 1.89. The molecule has 0 unspecified atom stereocenters. The van der Waals surface area contributed by atoms with E-state index >= 15 is 0 Å². The molecule has 2 rings (SSSR count). The van der Waals surface area contributed by atoms with Gasteiger partial charge in [-0.15, -0.1) is 0 Å². The van der Waals surface area contributed by atoms with Gasteiger partial charge in [0, 0.05) is 31.6 Å². The molecule has 2 nitrogen and oxygen atoms in total. The van der Waals surface area contributed by atoms with Crippen LogP contribution in [0.15, 0.2) is 24.3 Å². The van der Waals surface area contributed by atoms with Gasteiger partial charge in [-0.1, -0.05) is 12.1 Å². The zero-order valence-corrected chi connectivity index (χ0v) is 7.49. The molecule has 0 aromatic heterocycles. The number of piperidine rings is 1. The van der Waals surface area contributed by atoms with E-state index in [1.165, 1.54) is 5.69 Å². The average molecular weight is 174 g/mol. The van der Waals surface area contributed by atoms with Crippen molar-refractivity contribution in [3.63, 3.8) is 0 Å². The van der Waals surface area contributed by atoms with Crippen LogP contribution in [0.3, 0.4) is 0 Å². The summed E-state index contributed by atoms with van der Waals surface area (Å²) in [5, 5.41) is 0. The average Bonchev–Trinajstić information content (AvgIpc) is 2.20. The molecular weight excluding hydrogens is 162 g/mol. The van der Waals surface area contributed by atoms with Crippen LogP contribution in [-0.2, 0) is 4.79 Å². The summed E-state index contributed by atoms with van der Waals surface area (Å²) in [6.45, 7) is 1.73. The molecule has 2 heteroatoms. The Kier molecular flexibility index (Phi) is 2.30. The van der Waals surface area contributed by atoms with Crippen LogP contribution in [0, 0.1) is 6.07 Å². The van der Waals surface area contributed by atoms with Crippen molar-refractivity contribution in [3.8, 4) is 0 Å². The predicted molar refractivity (Wildman–Crippen MR) is 51.7 cm³/mol. The van der Waals surface area contributed by atoms with Crippen molar-refractivity contribution in [1.29, 1.82) is 0 Å². The zero-order chi connectivity index (χ0) is 9.10. The highest BCUT2D eigenvalue weighted by Gasteiger charge is 2.15. The SMILES string of the molecule is O=C1CCN(c2cc[c]cc2)CC1. The Morgan fingerprint density at radius 2 is 1.77 bits per heavy atom. The van der Waals surface area contributed by atoms with Crippen molar-refractivity contribution in [2.75, 3.05) is 18.0 Å². The van der Waals surface area contributed by atoms with Gasteiger partial charge in [-0.25, -0.2) is 0 Å². The Labute approximate surface area is 78.2 Å². The Balaban J connectivity index is 2.07. The first kappa shape index (κ1) is 8.30. The van der Waals surface area contributed by atoms with E-state index in [-0.39, 0.29) is 0 Å². The van der Waals surface area contributed by atoms with Crippen LogP contribution in [0.25, 0.3) is 0 Å². The highest BCUT2D eigenvalue weighted by molar-refractivity contribution is 5.81. The molecule has 0 bridgehead atoms. The number of hydrogen-bond acceptors (Lipinski definition) is 2. The number of rotatable bonds is 1. The van der Waals surface area contributed by atoms with Crippen LogP contribution >= 0.6 is 0 Å². The molecule has 0 saturated carbocycles. The van der Waals surface area contributed by atoms with Gasteiger partial charge in [0.1, 0.15) is 5.78 Å². The van der Waals surface area contributed by atoms with E-state index in [9.17, 15) is 4.79 Å². The first-order chi connectivity index (χ1) is 6.36. The fraction of sp³-hybridized carbons (Fsp3) is 0.364. The maximum Gasteiger partial charge on any atom is 0.136 e. The quantitative estimate of drug-likeness (QED) is 0.645. The highest BCUT2D eigenvalue weighted by atomic mass is 16.1. The van der Waals surface area contributed by atoms with Gasteiger partial charge in [-0.2, -0.15) is 0 Å². The zero-order valence-electron chi connectivity index (χ0n) is 7.49. The molecule has 13 heavy (non-hydrogen) atoms. The minimum atomic E-state index is 0.388. The number of anilines is 1. The highest BCUT2D eigenvalue weighted by Crippen LogP contribution is 2.16. The number of carbonyl (C=O) groups excluding carboxylic acids is 1. The number of carbonyl (C=O) groups is 1. The van der Waals surface area contributed by atoms with E-state index in [1.807, 2.05) is 24.3 Å². The molecule has 1 aliphatic rings. The first-order valence-corrected chi connectivity index (χ1v) is 4.59. The van der Waals surface area contributed by atoms with E-state index in [1.54, 1.807) is 0 Å². The van der Waals surface area contributed by atoms with Gasteiger partial charge in [0.15, 0.2) is 0 Å². The third-order valence-electron chi connectivity index (χ3n) is 2.39. The molecule has 1 aromatic rings. The van der Waals surface area contributed by atoms with Crippen LogP contribution in [-0.4, -0.2) is 18.9 Å². The Morgan fingerprint density at radius 3 is 2.38 bits per heavy atom. The Hall–Kier alpha value is -1.31. The summed E-state index contributed by atoms with van der Waals surface area (Å²) >= 11 is 0. The van der Waals surface area contributed by atoms with E-state index in [2.05, 4.69) is 11.0 Å². The number of nitrogens with zero attached hydrogens (tertiary/aromatic N) is 1. The smallest absolute Gasteiger partial charge is 0.136 e. The largest absolute Gasteiger partial charge is 0.371 e. The van der Waals surface area contributed by atoms with Crippen molar-refractivity contribution in [3.05, 3.63) is 30.3 Å². The second kappa shape index (κ2) is 3.60. The molecule has 1 heterocycles. The van der Waals surface area contributed by atoms with Crippen molar-refractivity contribution < 1.29 is 4.79 Å². The second-order valence-corrected chi connectivity index (χ2v) is 3.28. The van der Waals surface area contributed by atoms with Crippen LogP contribution < -0.4 is 4.90 Å². The summed E-state index contributed by atoms with van der Waals surface area (Å²) in [6.07, 6.45) is 1.39. The van der Waals surface area contributed by atoms with Crippen LogP contribution in [0.4, 0.5) is 5.69 Å².